The monoisotopic (exact) mass is 361 g/mol. The van der Waals surface area contributed by atoms with E-state index in [4.69, 9.17) is 14.2 Å². The van der Waals surface area contributed by atoms with E-state index in [0.29, 0.717) is 23.8 Å². The van der Waals surface area contributed by atoms with Gasteiger partial charge in [0.2, 0.25) is 0 Å². The molecule has 1 amide bonds. The summed E-state index contributed by atoms with van der Waals surface area (Å²) in [7, 11) is 0. The van der Waals surface area contributed by atoms with E-state index in [0.717, 1.165) is 0 Å². The summed E-state index contributed by atoms with van der Waals surface area (Å²) in [5.41, 5.74) is 0.491. The Bertz CT molecular complexity index is 748. The van der Waals surface area contributed by atoms with Gasteiger partial charge in [0.15, 0.2) is 12.7 Å². The number of nitrogens with one attached hydrogen (secondary N) is 1. The zero-order valence-corrected chi connectivity index (χ0v) is 14.5. The van der Waals surface area contributed by atoms with E-state index in [9.17, 15) is 14.0 Å². The molecule has 0 unspecified atom stereocenters. The first kappa shape index (κ1) is 19.2. The summed E-state index contributed by atoms with van der Waals surface area (Å²) in [5.74, 6) is -0.757. The summed E-state index contributed by atoms with van der Waals surface area (Å²) in [6.45, 7) is 3.36. The predicted molar refractivity (Wildman–Crippen MR) is 93.7 cm³/mol. The van der Waals surface area contributed by atoms with Crippen LogP contribution in [-0.2, 0) is 14.3 Å². The topological polar surface area (TPSA) is 73.9 Å². The van der Waals surface area contributed by atoms with E-state index in [2.05, 4.69) is 5.32 Å². The first-order valence-corrected chi connectivity index (χ1v) is 8.10. The van der Waals surface area contributed by atoms with Gasteiger partial charge in [0.05, 0.1) is 12.3 Å². The number of para-hydroxylation sites is 2. The predicted octanol–water partition coefficient (Wildman–Crippen LogP) is 3.17. The van der Waals surface area contributed by atoms with Crippen molar-refractivity contribution < 1.29 is 28.2 Å². The highest BCUT2D eigenvalue weighted by Crippen LogP contribution is 2.23. The van der Waals surface area contributed by atoms with Crippen LogP contribution in [-0.4, -0.2) is 31.2 Å². The molecule has 0 fully saturated rings. The summed E-state index contributed by atoms with van der Waals surface area (Å²) < 4.78 is 28.4. The van der Waals surface area contributed by atoms with Crippen LogP contribution in [0.1, 0.15) is 13.8 Å². The van der Waals surface area contributed by atoms with E-state index < -0.39 is 30.4 Å². The minimum Gasteiger partial charge on any atom is -0.492 e. The van der Waals surface area contributed by atoms with Crippen LogP contribution in [0.2, 0.25) is 0 Å². The molecule has 138 valence electrons. The Morgan fingerprint density at radius 1 is 1.08 bits per heavy atom. The number of amides is 1. The molecule has 2 aromatic carbocycles. The SMILES string of the molecule is CCOc1ccccc1NC(=O)[C@@H](C)OC(=O)COc1ccc(F)cc1. The Morgan fingerprint density at radius 3 is 2.46 bits per heavy atom. The number of benzene rings is 2. The molecule has 1 atom stereocenters. The van der Waals surface area contributed by atoms with Crippen LogP contribution in [0.3, 0.4) is 0 Å². The molecule has 0 radical (unpaired) electrons. The second-order valence-electron chi connectivity index (χ2n) is 5.29. The lowest BCUT2D eigenvalue weighted by molar-refractivity contribution is -0.155. The van der Waals surface area contributed by atoms with Crippen molar-refractivity contribution in [3.63, 3.8) is 0 Å². The third-order valence-electron chi connectivity index (χ3n) is 3.29. The molecule has 0 aliphatic rings. The molecule has 6 nitrogen and oxygen atoms in total. The van der Waals surface area contributed by atoms with Crippen LogP contribution < -0.4 is 14.8 Å². The van der Waals surface area contributed by atoms with Crippen LogP contribution >= 0.6 is 0 Å². The van der Waals surface area contributed by atoms with Gasteiger partial charge in [-0.15, -0.1) is 0 Å². The number of anilines is 1. The van der Waals surface area contributed by atoms with Gasteiger partial charge in [-0.25, -0.2) is 9.18 Å². The van der Waals surface area contributed by atoms with Crippen LogP contribution in [0, 0.1) is 5.82 Å². The van der Waals surface area contributed by atoms with E-state index >= 15 is 0 Å². The minimum atomic E-state index is -1.02. The molecule has 0 aliphatic heterocycles. The lowest BCUT2D eigenvalue weighted by Crippen LogP contribution is -2.31. The number of hydrogen-bond donors (Lipinski definition) is 1. The standard InChI is InChI=1S/C19H20FNO5/c1-3-24-17-7-5-4-6-16(17)21-19(23)13(2)26-18(22)12-25-15-10-8-14(20)9-11-15/h4-11,13H,3,12H2,1-2H3,(H,21,23)/t13-/m1/s1. The van der Waals surface area contributed by atoms with Crippen LogP contribution in [0.15, 0.2) is 48.5 Å². The normalized spacial score (nSPS) is 11.3. The van der Waals surface area contributed by atoms with Crippen molar-refractivity contribution in [2.75, 3.05) is 18.5 Å². The van der Waals surface area contributed by atoms with Crippen molar-refractivity contribution in [3.05, 3.63) is 54.3 Å². The zero-order valence-electron chi connectivity index (χ0n) is 14.5. The minimum absolute atomic E-state index is 0.325. The van der Waals surface area contributed by atoms with E-state index in [1.54, 1.807) is 24.3 Å². The van der Waals surface area contributed by atoms with E-state index in [-0.39, 0.29) is 0 Å². The molecule has 0 bridgehead atoms. The first-order valence-electron chi connectivity index (χ1n) is 8.10. The molecule has 0 aromatic heterocycles. The molecule has 26 heavy (non-hydrogen) atoms. The maximum atomic E-state index is 12.8. The molecular weight excluding hydrogens is 341 g/mol. The number of esters is 1. The number of halogens is 1. The Labute approximate surface area is 150 Å². The van der Waals surface area contributed by atoms with Gasteiger partial charge in [-0.2, -0.15) is 0 Å². The maximum Gasteiger partial charge on any atom is 0.344 e. The van der Waals surface area contributed by atoms with E-state index in [1.165, 1.54) is 31.2 Å². The van der Waals surface area contributed by atoms with Gasteiger partial charge in [-0.05, 0) is 50.2 Å². The summed E-state index contributed by atoms with van der Waals surface area (Å²) in [4.78, 5) is 24.0. The van der Waals surface area contributed by atoms with Gasteiger partial charge < -0.3 is 19.5 Å². The first-order chi connectivity index (χ1) is 12.5. The molecule has 0 saturated carbocycles. The quantitative estimate of drug-likeness (QED) is 0.731. The van der Waals surface area contributed by atoms with Gasteiger partial charge in [-0.1, -0.05) is 12.1 Å². The average Bonchev–Trinajstić information content (AvgIpc) is 2.63. The summed E-state index contributed by atoms with van der Waals surface area (Å²) in [6.07, 6.45) is -1.02. The molecule has 2 aromatic rings. The summed E-state index contributed by atoms with van der Waals surface area (Å²) in [5, 5.41) is 2.66. The van der Waals surface area contributed by atoms with Crippen molar-refractivity contribution in [3.8, 4) is 11.5 Å². The molecule has 0 spiro atoms. The Morgan fingerprint density at radius 2 is 1.77 bits per heavy atom. The van der Waals surface area contributed by atoms with Crippen LogP contribution in [0.5, 0.6) is 11.5 Å². The highest BCUT2D eigenvalue weighted by Gasteiger charge is 2.19. The second-order valence-corrected chi connectivity index (χ2v) is 5.29. The fourth-order valence-electron chi connectivity index (χ4n) is 2.04. The van der Waals surface area contributed by atoms with Gasteiger partial charge in [-0.3, -0.25) is 4.79 Å². The lowest BCUT2D eigenvalue weighted by atomic mass is 10.2. The lowest BCUT2D eigenvalue weighted by Gasteiger charge is -2.15. The third kappa shape index (κ3) is 5.77. The number of hydrogen-bond acceptors (Lipinski definition) is 5. The fraction of sp³-hybridized carbons (Fsp3) is 0.263. The fourth-order valence-corrected chi connectivity index (χ4v) is 2.04. The Hall–Kier alpha value is -3.09. The van der Waals surface area contributed by atoms with Crippen molar-refractivity contribution in [2.24, 2.45) is 0 Å². The molecular formula is C19H20FNO5. The van der Waals surface area contributed by atoms with Gasteiger partial charge in [0.1, 0.15) is 17.3 Å². The van der Waals surface area contributed by atoms with E-state index in [1.807, 2.05) is 6.92 Å². The highest BCUT2D eigenvalue weighted by molar-refractivity contribution is 5.96. The second kappa shape index (κ2) is 9.41. The third-order valence-corrected chi connectivity index (χ3v) is 3.29. The van der Waals surface area contributed by atoms with Gasteiger partial charge >= 0.3 is 5.97 Å². The molecule has 7 heteroatoms. The van der Waals surface area contributed by atoms with Crippen molar-refractivity contribution >= 4 is 17.6 Å². The van der Waals surface area contributed by atoms with Crippen LogP contribution in [0.4, 0.5) is 10.1 Å². The van der Waals surface area contributed by atoms with Crippen LogP contribution in [0.25, 0.3) is 0 Å². The molecule has 0 aliphatic carbocycles. The largest absolute Gasteiger partial charge is 0.492 e. The number of ether oxygens (including phenoxy) is 3. The molecule has 0 heterocycles. The van der Waals surface area contributed by atoms with Gasteiger partial charge in [0.25, 0.3) is 5.91 Å². The molecule has 1 N–H and O–H groups in total. The number of rotatable bonds is 8. The van der Waals surface area contributed by atoms with Crippen molar-refractivity contribution in [1.29, 1.82) is 0 Å². The zero-order chi connectivity index (χ0) is 18.9. The van der Waals surface area contributed by atoms with Crippen molar-refractivity contribution in [1.82, 2.24) is 0 Å². The summed E-state index contributed by atoms with van der Waals surface area (Å²) in [6, 6.07) is 12.2. The van der Waals surface area contributed by atoms with Crippen molar-refractivity contribution in [2.45, 2.75) is 20.0 Å². The maximum absolute atomic E-state index is 12.8. The Balaban J connectivity index is 1.84. The molecule has 2 rings (SSSR count). The highest BCUT2D eigenvalue weighted by atomic mass is 19.1. The molecule has 0 saturated heterocycles. The average molecular weight is 361 g/mol. The Kier molecular flexibility index (Phi) is 6.96. The summed E-state index contributed by atoms with van der Waals surface area (Å²) >= 11 is 0. The van der Waals surface area contributed by atoms with Gasteiger partial charge in [0, 0.05) is 0 Å². The smallest absolute Gasteiger partial charge is 0.344 e. The number of carbonyl (C=O) groups is 2. The number of carbonyl (C=O) groups excluding carboxylic acids is 2.